The summed E-state index contributed by atoms with van der Waals surface area (Å²) in [5.41, 5.74) is -7.72. The number of hydrogen-bond donors (Lipinski definition) is 0. The van der Waals surface area contributed by atoms with Gasteiger partial charge >= 0.3 is 24.1 Å². The summed E-state index contributed by atoms with van der Waals surface area (Å²) in [6, 6.07) is 0. The van der Waals surface area contributed by atoms with Crippen molar-refractivity contribution >= 4 is 24.1 Å². The molecule has 9 nitrogen and oxygen atoms in total. The zero-order chi connectivity index (χ0) is 22.1. The first-order valence-corrected chi connectivity index (χ1v) is 8.76. The highest BCUT2D eigenvalue weighted by molar-refractivity contribution is 6.07. The van der Waals surface area contributed by atoms with Gasteiger partial charge < -0.3 is 18.9 Å². The molecule has 0 aromatic carbocycles. The molecule has 0 aromatic heterocycles. The van der Waals surface area contributed by atoms with E-state index in [4.69, 9.17) is 9.47 Å². The molecule has 160 valence electrons. The van der Waals surface area contributed by atoms with Crippen molar-refractivity contribution in [2.24, 2.45) is 0 Å². The Labute approximate surface area is 163 Å². The molecule has 2 amide bonds. The summed E-state index contributed by atoms with van der Waals surface area (Å²) in [6.45, 7) is 10.4. The lowest BCUT2D eigenvalue weighted by molar-refractivity contribution is -0.161. The Morgan fingerprint density at radius 1 is 0.929 bits per heavy atom. The number of imide groups is 1. The van der Waals surface area contributed by atoms with Gasteiger partial charge in [0.1, 0.15) is 11.2 Å². The normalized spacial score (nSPS) is 24.0. The van der Waals surface area contributed by atoms with Crippen molar-refractivity contribution < 1.29 is 42.5 Å². The van der Waals surface area contributed by atoms with Crippen LogP contribution in [0.1, 0.15) is 54.9 Å². The van der Waals surface area contributed by atoms with E-state index < -0.39 is 53.0 Å². The topological polar surface area (TPSA) is 108 Å². The molecule has 0 saturated heterocycles. The zero-order valence-corrected chi connectivity index (χ0v) is 17.5. The van der Waals surface area contributed by atoms with E-state index in [0.717, 1.165) is 7.11 Å². The second-order valence-corrected chi connectivity index (χ2v) is 8.35. The van der Waals surface area contributed by atoms with Crippen LogP contribution in [-0.4, -0.2) is 65.2 Å². The fourth-order valence-electron chi connectivity index (χ4n) is 2.55. The summed E-state index contributed by atoms with van der Waals surface area (Å²) in [7, 11) is 0.941. The number of alkyl halides is 1. The lowest BCUT2D eigenvalue weighted by Gasteiger charge is -2.33. The van der Waals surface area contributed by atoms with Gasteiger partial charge in [0.25, 0.3) is 0 Å². The van der Waals surface area contributed by atoms with Crippen LogP contribution in [0.25, 0.3) is 0 Å². The summed E-state index contributed by atoms with van der Waals surface area (Å²) in [5, 5.41) is 0. The summed E-state index contributed by atoms with van der Waals surface area (Å²) >= 11 is 0. The van der Waals surface area contributed by atoms with Gasteiger partial charge in [0, 0.05) is 6.42 Å². The third kappa shape index (κ3) is 4.53. The molecule has 0 spiro atoms. The van der Waals surface area contributed by atoms with Gasteiger partial charge in [-0.05, 0) is 48.5 Å². The number of nitrogens with zero attached hydrogens (tertiary/aromatic N) is 1. The smallest absolute Gasteiger partial charge is 0.421 e. The predicted molar refractivity (Wildman–Crippen MR) is 94.1 cm³/mol. The van der Waals surface area contributed by atoms with Crippen LogP contribution in [0.3, 0.4) is 0 Å². The van der Waals surface area contributed by atoms with Crippen molar-refractivity contribution in [2.75, 3.05) is 13.7 Å². The van der Waals surface area contributed by atoms with E-state index in [1.54, 1.807) is 0 Å². The van der Waals surface area contributed by atoms with Gasteiger partial charge in [-0.1, -0.05) is 0 Å². The first-order valence-electron chi connectivity index (χ1n) is 8.76. The fourth-order valence-corrected chi connectivity index (χ4v) is 2.55. The molecule has 0 bridgehead atoms. The highest BCUT2D eigenvalue weighted by Crippen LogP contribution is 2.57. The number of esters is 2. The van der Waals surface area contributed by atoms with Gasteiger partial charge in [-0.2, -0.15) is 4.90 Å². The van der Waals surface area contributed by atoms with Gasteiger partial charge in [0.05, 0.1) is 13.7 Å². The first-order chi connectivity index (χ1) is 12.6. The number of carbonyl (C=O) groups is 4. The summed E-state index contributed by atoms with van der Waals surface area (Å²) in [5.74, 6) is -2.70. The van der Waals surface area contributed by atoms with E-state index in [2.05, 4.69) is 9.47 Å². The molecular weight excluding hydrogens is 377 g/mol. The van der Waals surface area contributed by atoms with Crippen LogP contribution < -0.4 is 0 Å². The van der Waals surface area contributed by atoms with Gasteiger partial charge in [0.15, 0.2) is 0 Å². The van der Waals surface area contributed by atoms with E-state index in [0.29, 0.717) is 0 Å². The third-order valence-electron chi connectivity index (χ3n) is 3.69. The average Bonchev–Trinajstić information content (AvgIpc) is 3.11. The van der Waals surface area contributed by atoms with Crippen LogP contribution in [0.2, 0.25) is 0 Å². The summed E-state index contributed by atoms with van der Waals surface area (Å²) in [6.07, 6.45) is -3.53. The largest absolute Gasteiger partial charge is 0.467 e. The van der Waals surface area contributed by atoms with Crippen molar-refractivity contribution in [3.63, 3.8) is 0 Å². The van der Waals surface area contributed by atoms with Crippen LogP contribution in [0.5, 0.6) is 0 Å². The minimum absolute atomic E-state index is 0.166. The third-order valence-corrected chi connectivity index (χ3v) is 3.69. The van der Waals surface area contributed by atoms with Crippen LogP contribution in [-0.2, 0) is 28.5 Å². The Balaban J connectivity index is 3.50. The minimum Gasteiger partial charge on any atom is -0.467 e. The Kier molecular flexibility index (Phi) is 6.38. The second kappa shape index (κ2) is 7.56. The molecule has 0 unspecified atom stereocenters. The van der Waals surface area contributed by atoms with Crippen molar-refractivity contribution in [3.05, 3.63) is 0 Å². The van der Waals surface area contributed by atoms with Crippen molar-refractivity contribution in [1.82, 2.24) is 4.90 Å². The second-order valence-electron chi connectivity index (χ2n) is 8.35. The van der Waals surface area contributed by atoms with E-state index in [1.807, 2.05) is 0 Å². The monoisotopic (exact) mass is 405 g/mol. The molecule has 1 aliphatic carbocycles. The SMILES string of the molecule is CCOC(=O)[C@]1(F)C[C@@]1(C(=O)OC)N(C(=O)OC(C)(C)C)C(=O)OC(C)(C)C. The van der Waals surface area contributed by atoms with Crippen molar-refractivity contribution in [3.8, 4) is 0 Å². The number of amides is 2. The quantitative estimate of drug-likeness (QED) is 0.519. The Morgan fingerprint density at radius 2 is 1.36 bits per heavy atom. The number of hydrogen-bond acceptors (Lipinski definition) is 8. The maximum atomic E-state index is 15.4. The number of methoxy groups -OCH3 is 1. The van der Waals surface area contributed by atoms with Crippen LogP contribution in [0.15, 0.2) is 0 Å². The van der Waals surface area contributed by atoms with Crippen molar-refractivity contribution in [2.45, 2.75) is 77.3 Å². The van der Waals surface area contributed by atoms with E-state index in [9.17, 15) is 19.2 Å². The van der Waals surface area contributed by atoms with Crippen molar-refractivity contribution in [1.29, 1.82) is 0 Å². The fraction of sp³-hybridized carbons (Fsp3) is 0.778. The maximum absolute atomic E-state index is 15.4. The molecule has 28 heavy (non-hydrogen) atoms. The highest BCUT2D eigenvalue weighted by atomic mass is 19.1. The molecule has 0 radical (unpaired) electrons. The molecule has 2 atom stereocenters. The molecule has 0 aromatic rings. The lowest BCUT2D eigenvalue weighted by atomic mass is 10.1. The molecule has 1 saturated carbocycles. The molecule has 1 rings (SSSR count). The molecule has 10 heteroatoms. The Hall–Kier alpha value is -2.39. The van der Waals surface area contributed by atoms with Gasteiger partial charge in [-0.3, -0.25) is 0 Å². The zero-order valence-electron chi connectivity index (χ0n) is 17.5. The summed E-state index contributed by atoms with van der Waals surface area (Å²) < 4.78 is 35.0. The van der Waals surface area contributed by atoms with E-state index >= 15 is 4.39 Å². The molecule has 0 aliphatic heterocycles. The van der Waals surface area contributed by atoms with Crippen LogP contribution in [0.4, 0.5) is 14.0 Å². The van der Waals surface area contributed by atoms with E-state index in [1.165, 1.54) is 48.5 Å². The molecule has 1 fully saturated rings. The Morgan fingerprint density at radius 3 is 1.68 bits per heavy atom. The van der Waals surface area contributed by atoms with Gasteiger partial charge in [-0.25, -0.2) is 23.6 Å². The maximum Gasteiger partial charge on any atom is 0.421 e. The average molecular weight is 405 g/mol. The lowest BCUT2D eigenvalue weighted by Crippen LogP contribution is -2.58. The predicted octanol–water partition coefficient (Wildman–Crippen LogP) is 2.75. The number of halogens is 1. The molecule has 1 aliphatic rings. The number of carbonyl (C=O) groups excluding carboxylic acids is 4. The number of rotatable bonds is 4. The Bertz CT molecular complexity index is 637. The minimum atomic E-state index is -2.98. The first kappa shape index (κ1) is 23.6. The molecule has 0 heterocycles. The van der Waals surface area contributed by atoms with Crippen LogP contribution in [0, 0.1) is 0 Å². The standard InChI is InChI=1S/C18H28FNO8/c1-9-26-11(21)17(19)10-18(17,12(22)25-8)20(13(23)27-15(2,3)4)14(24)28-16(5,6)7/h9-10H2,1-8H3/t17-,18+/m1/s1. The molecular formula is C18H28FNO8. The number of ether oxygens (including phenoxy) is 4. The van der Waals surface area contributed by atoms with Gasteiger partial charge in [-0.15, -0.1) is 0 Å². The molecule has 0 N–H and O–H groups in total. The van der Waals surface area contributed by atoms with Crippen LogP contribution >= 0.6 is 0 Å². The van der Waals surface area contributed by atoms with Gasteiger partial charge in [0.2, 0.25) is 11.2 Å². The van der Waals surface area contributed by atoms with E-state index in [-0.39, 0.29) is 11.5 Å². The highest BCUT2D eigenvalue weighted by Gasteiger charge is 2.86. The summed E-state index contributed by atoms with van der Waals surface area (Å²) in [4.78, 5) is 50.3.